The molecule has 25 heavy (non-hydrogen) atoms. The highest BCUT2D eigenvalue weighted by Crippen LogP contribution is 2.24. The molecule has 8 heteroatoms. The fraction of sp³-hybridized carbons (Fsp3) is 0. The third-order valence-corrected chi connectivity index (χ3v) is 5.05. The molecule has 0 aliphatic carbocycles. The van der Waals surface area contributed by atoms with Gasteiger partial charge in [0.15, 0.2) is 4.96 Å². The Morgan fingerprint density at radius 2 is 2.00 bits per heavy atom. The summed E-state index contributed by atoms with van der Waals surface area (Å²) in [6.07, 6.45) is 5.33. The second-order valence-corrected chi connectivity index (χ2v) is 6.89. The molecule has 0 aliphatic rings. The van der Waals surface area contributed by atoms with Crippen LogP contribution in [-0.2, 0) is 0 Å². The molecule has 4 rings (SSSR count). The second kappa shape index (κ2) is 6.48. The summed E-state index contributed by atoms with van der Waals surface area (Å²) in [5.41, 5.74) is 2.87. The molecule has 124 valence electrons. The van der Waals surface area contributed by atoms with Crippen molar-refractivity contribution >= 4 is 51.1 Å². The number of nitrogens with zero attached hydrogens (tertiary/aromatic N) is 3. The van der Waals surface area contributed by atoms with Gasteiger partial charge < -0.3 is 5.32 Å². The summed E-state index contributed by atoms with van der Waals surface area (Å²) >= 11 is 13.2. The van der Waals surface area contributed by atoms with Crippen molar-refractivity contribution in [3.8, 4) is 11.3 Å². The number of rotatable bonds is 3. The summed E-state index contributed by atoms with van der Waals surface area (Å²) in [6, 6.07) is 8.96. The molecule has 0 atom stereocenters. The monoisotopic (exact) mass is 388 g/mol. The lowest BCUT2D eigenvalue weighted by Crippen LogP contribution is -2.12. The molecule has 0 saturated carbocycles. The summed E-state index contributed by atoms with van der Waals surface area (Å²) in [4.78, 5) is 21.6. The van der Waals surface area contributed by atoms with E-state index in [4.69, 9.17) is 23.2 Å². The number of hydrogen-bond acceptors (Lipinski definition) is 4. The van der Waals surface area contributed by atoms with Crippen LogP contribution in [0.5, 0.6) is 0 Å². The molecule has 1 amide bonds. The van der Waals surface area contributed by atoms with Crippen LogP contribution >= 0.6 is 34.5 Å². The van der Waals surface area contributed by atoms with Gasteiger partial charge in [0.25, 0.3) is 5.91 Å². The van der Waals surface area contributed by atoms with Crippen molar-refractivity contribution in [1.29, 1.82) is 0 Å². The van der Waals surface area contributed by atoms with Gasteiger partial charge in [-0.25, -0.2) is 9.97 Å². The number of halogens is 2. The predicted octanol–water partition coefficient (Wildman–Crippen LogP) is 5.02. The van der Waals surface area contributed by atoms with E-state index in [0.717, 1.165) is 16.2 Å². The minimum atomic E-state index is -0.304. The number of carbonyl (C=O) groups excluding carboxylic acids is 1. The van der Waals surface area contributed by atoms with Crippen LogP contribution in [0.15, 0.2) is 54.3 Å². The van der Waals surface area contributed by atoms with Crippen molar-refractivity contribution in [3.05, 3.63) is 70.0 Å². The molecule has 3 heterocycles. The van der Waals surface area contributed by atoms with Gasteiger partial charge in [-0.15, -0.1) is 11.3 Å². The molecule has 1 N–H and O–H groups in total. The van der Waals surface area contributed by atoms with Crippen LogP contribution in [-0.4, -0.2) is 20.3 Å². The molecule has 0 radical (unpaired) electrons. The van der Waals surface area contributed by atoms with Gasteiger partial charge in [-0.3, -0.25) is 9.20 Å². The second-order valence-electron chi connectivity index (χ2n) is 5.25. The Labute approximate surface area is 156 Å². The topological polar surface area (TPSA) is 59.3 Å². The molecular formula is C17H10Cl2N4OS. The van der Waals surface area contributed by atoms with Crippen molar-refractivity contribution in [2.45, 2.75) is 0 Å². The van der Waals surface area contributed by atoms with Crippen molar-refractivity contribution in [1.82, 2.24) is 14.4 Å². The number of pyridine rings is 1. The maximum atomic E-state index is 12.2. The van der Waals surface area contributed by atoms with Gasteiger partial charge >= 0.3 is 0 Å². The van der Waals surface area contributed by atoms with Gasteiger partial charge in [0.1, 0.15) is 5.15 Å². The smallest absolute Gasteiger partial charge is 0.257 e. The zero-order chi connectivity index (χ0) is 17.4. The van der Waals surface area contributed by atoms with E-state index in [2.05, 4.69) is 15.3 Å². The van der Waals surface area contributed by atoms with Crippen molar-refractivity contribution < 1.29 is 4.79 Å². The number of nitrogens with one attached hydrogen (secondary N) is 1. The molecule has 0 aliphatic heterocycles. The first kappa shape index (κ1) is 16.1. The van der Waals surface area contributed by atoms with E-state index in [1.165, 1.54) is 12.3 Å². The predicted molar refractivity (Wildman–Crippen MR) is 101 cm³/mol. The number of aromatic nitrogens is 3. The third kappa shape index (κ3) is 3.24. The Hall–Kier alpha value is -2.41. The first-order chi connectivity index (χ1) is 12.1. The zero-order valence-electron chi connectivity index (χ0n) is 12.6. The van der Waals surface area contributed by atoms with Gasteiger partial charge in [-0.1, -0.05) is 35.3 Å². The van der Waals surface area contributed by atoms with Crippen molar-refractivity contribution in [2.75, 3.05) is 5.32 Å². The molecule has 0 saturated heterocycles. The van der Waals surface area contributed by atoms with E-state index < -0.39 is 0 Å². The van der Waals surface area contributed by atoms with Crippen LogP contribution in [0, 0.1) is 0 Å². The standard InChI is InChI=1S/C17H10Cl2N4OS/c18-13-7-11(8-20-15(13)19)16(24)21-12-3-1-10(2-4-12)14-9-23-5-6-25-17(23)22-14/h1-9H,(H,21,24). The number of thiazole rings is 1. The minimum absolute atomic E-state index is 0.169. The molecule has 0 spiro atoms. The number of fused-ring (bicyclic) bond motifs is 1. The average molecular weight is 389 g/mol. The highest BCUT2D eigenvalue weighted by molar-refractivity contribution is 7.15. The summed E-state index contributed by atoms with van der Waals surface area (Å²) in [6.45, 7) is 0. The van der Waals surface area contributed by atoms with Gasteiger partial charge in [-0.2, -0.15) is 0 Å². The largest absolute Gasteiger partial charge is 0.322 e. The minimum Gasteiger partial charge on any atom is -0.322 e. The van der Waals surface area contributed by atoms with Gasteiger partial charge in [0.2, 0.25) is 0 Å². The third-order valence-electron chi connectivity index (χ3n) is 3.59. The van der Waals surface area contributed by atoms with Gasteiger partial charge in [-0.05, 0) is 18.2 Å². The quantitative estimate of drug-likeness (QED) is 0.501. The van der Waals surface area contributed by atoms with E-state index in [9.17, 15) is 4.79 Å². The molecule has 3 aromatic heterocycles. The average Bonchev–Trinajstić information content (AvgIpc) is 3.20. The summed E-state index contributed by atoms with van der Waals surface area (Å²) < 4.78 is 1.98. The lowest BCUT2D eigenvalue weighted by atomic mass is 10.1. The van der Waals surface area contributed by atoms with Crippen molar-refractivity contribution in [2.24, 2.45) is 0 Å². The Bertz CT molecular complexity index is 1040. The van der Waals surface area contributed by atoms with E-state index in [1.807, 2.05) is 46.4 Å². The van der Waals surface area contributed by atoms with Crippen LogP contribution < -0.4 is 5.32 Å². The Morgan fingerprint density at radius 1 is 1.20 bits per heavy atom. The highest BCUT2D eigenvalue weighted by atomic mass is 35.5. The normalized spacial score (nSPS) is 11.0. The van der Waals surface area contributed by atoms with Crippen molar-refractivity contribution in [3.63, 3.8) is 0 Å². The fourth-order valence-electron chi connectivity index (χ4n) is 2.34. The van der Waals surface area contributed by atoms with E-state index in [0.29, 0.717) is 11.3 Å². The lowest BCUT2D eigenvalue weighted by Gasteiger charge is -2.06. The number of amides is 1. The van der Waals surface area contributed by atoms with Crippen LogP contribution in [0.3, 0.4) is 0 Å². The number of carbonyl (C=O) groups is 1. The SMILES string of the molecule is O=C(Nc1ccc(-c2cn3ccsc3n2)cc1)c1cnc(Cl)c(Cl)c1. The van der Waals surface area contributed by atoms with E-state index in [1.54, 1.807) is 11.3 Å². The first-order valence-electron chi connectivity index (χ1n) is 7.25. The van der Waals surface area contributed by atoms with Crippen LogP contribution in [0.25, 0.3) is 16.2 Å². The number of benzene rings is 1. The summed E-state index contributed by atoms with van der Waals surface area (Å²) in [7, 11) is 0. The van der Waals surface area contributed by atoms with Gasteiger partial charge in [0.05, 0.1) is 16.3 Å². The fourth-order valence-corrected chi connectivity index (χ4v) is 3.31. The maximum Gasteiger partial charge on any atom is 0.257 e. The molecule has 0 fully saturated rings. The maximum absolute atomic E-state index is 12.2. The molecule has 0 bridgehead atoms. The van der Waals surface area contributed by atoms with E-state index in [-0.39, 0.29) is 16.1 Å². The molecule has 0 unspecified atom stereocenters. The zero-order valence-corrected chi connectivity index (χ0v) is 14.9. The molecule has 4 aromatic rings. The highest BCUT2D eigenvalue weighted by Gasteiger charge is 2.10. The molecular weight excluding hydrogens is 379 g/mol. The number of imidazole rings is 1. The Kier molecular flexibility index (Phi) is 4.17. The van der Waals surface area contributed by atoms with Gasteiger partial charge in [0, 0.05) is 35.2 Å². The van der Waals surface area contributed by atoms with Crippen LogP contribution in [0.2, 0.25) is 10.2 Å². The van der Waals surface area contributed by atoms with E-state index >= 15 is 0 Å². The molecule has 1 aromatic carbocycles. The van der Waals surface area contributed by atoms with Crippen LogP contribution in [0.4, 0.5) is 5.69 Å². The Morgan fingerprint density at radius 3 is 2.72 bits per heavy atom. The summed E-state index contributed by atoms with van der Waals surface area (Å²) in [5.74, 6) is -0.304. The summed E-state index contributed by atoms with van der Waals surface area (Å²) in [5, 5.41) is 5.20. The lowest BCUT2D eigenvalue weighted by molar-refractivity contribution is 0.102. The number of hydrogen-bond donors (Lipinski definition) is 1. The number of anilines is 1. The molecule has 5 nitrogen and oxygen atoms in total. The Balaban J connectivity index is 1.52. The van der Waals surface area contributed by atoms with Crippen LogP contribution in [0.1, 0.15) is 10.4 Å². The first-order valence-corrected chi connectivity index (χ1v) is 8.89.